The highest BCUT2D eigenvalue weighted by atomic mass is 16.5. The predicted octanol–water partition coefficient (Wildman–Crippen LogP) is 5.69. The van der Waals surface area contributed by atoms with E-state index in [0.29, 0.717) is 5.56 Å². The number of carboxylic acids is 1. The van der Waals surface area contributed by atoms with E-state index in [-0.39, 0.29) is 5.60 Å². The van der Waals surface area contributed by atoms with Crippen molar-refractivity contribution >= 4 is 5.97 Å². The lowest BCUT2D eigenvalue weighted by Gasteiger charge is -2.36. The van der Waals surface area contributed by atoms with Crippen LogP contribution >= 0.6 is 0 Å². The maximum absolute atomic E-state index is 11.3. The van der Waals surface area contributed by atoms with Crippen molar-refractivity contribution in [2.45, 2.75) is 38.7 Å². The Morgan fingerprint density at radius 1 is 1.04 bits per heavy atom. The molecule has 0 amide bonds. The number of aromatic carboxylic acids is 1. The summed E-state index contributed by atoms with van der Waals surface area (Å²) < 4.78 is 6.50. The average molecular weight is 372 g/mol. The van der Waals surface area contributed by atoms with Gasteiger partial charge in [0.1, 0.15) is 11.4 Å². The third-order valence-corrected chi connectivity index (χ3v) is 5.62. The summed E-state index contributed by atoms with van der Waals surface area (Å²) in [5.41, 5.74) is 5.72. The van der Waals surface area contributed by atoms with E-state index in [0.717, 1.165) is 36.1 Å². The molecule has 0 spiro atoms. The van der Waals surface area contributed by atoms with Gasteiger partial charge in [0, 0.05) is 6.42 Å². The van der Waals surface area contributed by atoms with Gasteiger partial charge in [-0.3, -0.25) is 0 Å². The van der Waals surface area contributed by atoms with Crippen LogP contribution in [0.3, 0.4) is 0 Å². The molecule has 0 bridgehead atoms. The van der Waals surface area contributed by atoms with E-state index < -0.39 is 5.97 Å². The number of ether oxygens (including phenoxy) is 1. The number of fused-ring (bicyclic) bond motifs is 1. The molecule has 1 N–H and O–H groups in total. The molecule has 0 aliphatic carbocycles. The summed E-state index contributed by atoms with van der Waals surface area (Å²) >= 11 is 0. The minimum atomic E-state index is -0.915. The van der Waals surface area contributed by atoms with Crippen LogP contribution in [0.1, 0.15) is 40.4 Å². The first-order valence-electron chi connectivity index (χ1n) is 9.64. The molecule has 3 heteroatoms. The van der Waals surface area contributed by atoms with Gasteiger partial charge >= 0.3 is 5.97 Å². The second-order valence-corrected chi connectivity index (χ2v) is 7.86. The van der Waals surface area contributed by atoms with Gasteiger partial charge in [0.05, 0.1) is 5.56 Å². The summed E-state index contributed by atoms with van der Waals surface area (Å²) in [6, 6.07) is 21.7. The molecule has 1 heterocycles. The number of benzene rings is 3. The second-order valence-electron chi connectivity index (χ2n) is 7.86. The van der Waals surface area contributed by atoms with E-state index in [9.17, 15) is 9.90 Å². The molecule has 28 heavy (non-hydrogen) atoms. The molecular weight excluding hydrogens is 348 g/mol. The average Bonchev–Trinajstić information content (AvgIpc) is 2.69. The molecule has 0 saturated carbocycles. The minimum Gasteiger partial charge on any atom is -0.487 e. The van der Waals surface area contributed by atoms with E-state index in [1.165, 1.54) is 16.7 Å². The smallest absolute Gasteiger partial charge is 0.335 e. The molecular formula is C25H24O3. The van der Waals surface area contributed by atoms with E-state index in [4.69, 9.17) is 4.74 Å². The molecule has 0 radical (unpaired) electrons. The molecule has 0 unspecified atom stereocenters. The fraction of sp³-hybridized carbons (Fsp3) is 0.240. The zero-order valence-electron chi connectivity index (χ0n) is 16.2. The number of carbonyl (C=O) groups is 1. The van der Waals surface area contributed by atoms with E-state index in [2.05, 4.69) is 44.2 Å². The molecule has 0 aromatic heterocycles. The summed E-state index contributed by atoms with van der Waals surface area (Å²) in [6.07, 6.45) is 2.83. The van der Waals surface area contributed by atoms with Gasteiger partial charge in [0.25, 0.3) is 0 Å². The number of aryl methyl sites for hydroxylation is 2. The maximum Gasteiger partial charge on any atom is 0.335 e. The summed E-state index contributed by atoms with van der Waals surface area (Å²) in [4.78, 5) is 11.3. The third-order valence-electron chi connectivity index (χ3n) is 5.62. The quantitative estimate of drug-likeness (QED) is 0.640. The van der Waals surface area contributed by atoms with Crippen LogP contribution in [0.4, 0.5) is 0 Å². The van der Waals surface area contributed by atoms with Crippen LogP contribution in [-0.4, -0.2) is 16.7 Å². The van der Waals surface area contributed by atoms with Crippen molar-refractivity contribution in [1.29, 1.82) is 0 Å². The van der Waals surface area contributed by atoms with Gasteiger partial charge in [-0.25, -0.2) is 4.79 Å². The Hall–Kier alpha value is -3.07. The second kappa shape index (κ2) is 7.16. The largest absolute Gasteiger partial charge is 0.487 e. The van der Waals surface area contributed by atoms with Crippen LogP contribution in [0.2, 0.25) is 0 Å². The lowest BCUT2D eigenvalue weighted by Crippen LogP contribution is -2.38. The van der Waals surface area contributed by atoms with Crippen molar-refractivity contribution in [3.8, 4) is 16.9 Å². The Bertz CT molecular complexity index is 1040. The fourth-order valence-electron chi connectivity index (χ4n) is 3.92. The number of hydrogen-bond donors (Lipinski definition) is 1. The Kier molecular flexibility index (Phi) is 4.68. The summed E-state index contributed by atoms with van der Waals surface area (Å²) in [5.74, 6) is -0.0116. The third kappa shape index (κ3) is 3.65. The highest BCUT2D eigenvalue weighted by Gasteiger charge is 2.32. The van der Waals surface area contributed by atoms with E-state index >= 15 is 0 Å². The summed E-state index contributed by atoms with van der Waals surface area (Å²) in [6.45, 7) is 4.32. The molecule has 3 aromatic rings. The van der Waals surface area contributed by atoms with Crippen LogP contribution in [0, 0.1) is 6.92 Å². The van der Waals surface area contributed by atoms with Crippen molar-refractivity contribution in [3.63, 3.8) is 0 Å². The zero-order valence-corrected chi connectivity index (χ0v) is 16.2. The van der Waals surface area contributed by atoms with Crippen LogP contribution < -0.4 is 4.74 Å². The Balaban J connectivity index is 1.63. The predicted molar refractivity (Wildman–Crippen MR) is 111 cm³/mol. The van der Waals surface area contributed by atoms with Gasteiger partial charge in [0.15, 0.2) is 0 Å². The molecule has 0 fully saturated rings. The number of carboxylic acid groups (broad SMARTS) is 1. The molecule has 4 rings (SSSR count). The van der Waals surface area contributed by atoms with Crippen LogP contribution in [0.15, 0.2) is 66.7 Å². The molecule has 0 saturated heterocycles. The molecule has 3 aromatic carbocycles. The number of rotatable bonds is 4. The van der Waals surface area contributed by atoms with Gasteiger partial charge in [-0.15, -0.1) is 0 Å². The molecule has 142 valence electrons. The van der Waals surface area contributed by atoms with Crippen molar-refractivity contribution in [2.75, 3.05) is 0 Å². The van der Waals surface area contributed by atoms with Gasteiger partial charge in [-0.05, 0) is 72.7 Å². The maximum atomic E-state index is 11.3. The zero-order chi connectivity index (χ0) is 19.7. The van der Waals surface area contributed by atoms with Crippen molar-refractivity contribution in [3.05, 3.63) is 89.0 Å². The topological polar surface area (TPSA) is 46.5 Å². The lowest BCUT2D eigenvalue weighted by molar-refractivity contribution is 0.0653. The van der Waals surface area contributed by atoms with Crippen LogP contribution in [0.25, 0.3) is 11.1 Å². The Morgan fingerprint density at radius 2 is 1.82 bits per heavy atom. The summed E-state index contributed by atoms with van der Waals surface area (Å²) in [5, 5.41) is 9.25. The first-order valence-corrected chi connectivity index (χ1v) is 9.64. The summed E-state index contributed by atoms with van der Waals surface area (Å²) in [7, 11) is 0. The minimum absolute atomic E-state index is 0.249. The Labute approximate surface area is 165 Å². The number of hydrogen-bond acceptors (Lipinski definition) is 2. The molecule has 1 aliphatic heterocycles. The van der Waals surface area contributed by atoms with Gasteiger partial charge in [-0.1, -0.05) is 48.5 Å². The van der Waals surface area contributed by atoms with Gasteiger partial charge in [0.2, 0.25) is 0 Å². The first kappa shape index (κ1) is 18.3. The Morgan fingerprint density at radius 3 is 2.61 bits per heavy atom. The molecule has 3 nitrogen and oxygen atoms in total. The van der Waals surface area contributed by atoms with Crippen LogP contribution in [0.5, 0.6) is 5.75 Å². The normalized spacial score (nSPS) is 18.2. The highest BCUT2D eigenvalue weighted by molar-refractivity contribution is 5.89. The fourth-order valence-corrected chi connectivity index (χ4v) is 3.92. The van der Waals surface area contributed by atoms with Crippen molar-refractivity contribution in [2.24, 2.45) is 0 Å². The first-order chi connectivity index (χ1) is 13.4. The van der Waals surface area contributed by atoms with E-state index in [1.54, 1.807) is 18.2 Å². The molecule has 1 aliphatic rings. The molecule has 1 atom stereocenters. The van der Waals surface area contributed by atoms with Crippen molar-refractivity contribution < 1.29 is 14.6 Å². The van der Waals surface area contributed by atoms with Crippen LogP contribution in [-0.2, 0) is 12.8 Å². The lowest BCUT2D eigenvalue weighted by atomic mass is 9.85. The van der Waals surface area contributed by atoms with Gasteiger partial charge < -0.3 is 9.84 Å². The standard InChI is InChI=1S/C25H24O3/c1-17-6-3-4-7-22(17)16-25(2)13-12-18-10-11-20(15-23(18)28-25)19-8-5-9-21(14-19)24(26)27/h3-11,14-15H,12-13,16H2,1-2H3,(H,26,27)/t25-/m1/s1. The van der Waals surface area contributed by atoms with Crippen molar-refractivity contribution in [1.82, 2.24) is 0 Å². The SMILES string of the molecule is Cc1ccccc1C[C@@]1(C)CCc2ccc(-c3cccc(C(=O)O)c3)cc2O1. The van der Waals surface area contributed by atoms with E-state index in [1.807, 2.05) is 18.2 Å². The monoisotopic (exact) mass is 372 g/mol. The highest BCUT2D eigenvalue weighted by Crippen LogP contribution is 2.38. The van der Waals surface area contributed by atoms with Gasteiger partial charge in [-0.2, -0.15) is 0 Å².